The third-order valence-corrected chi connectivity index (χ3v) is 4.26. The Kier molecular flexibility index (Phi) is 4.60. The molecule has 0 bridgehead atoms. The lowest BCUT2D eigenvalue weighted by Gasteiger charge is -2.11. The summed E-state index contributed by atoms with van der Waals surface area (Å²) in [5, 5.41) is -0.219. The minimum absolute atomic E-state index is 0.0103. The van der Waals surface area contributed by atoms with Crippen LogP contribution < -0.4 is 4.74 Å². The van der Waals surface area contributed by atoms with E-state index in [0.29, 0.717) is 0 Å². The molecule has 2 rings (SSSR count). The van der Waals surface area contributed by atoms with Crippen LogP contribution in [0.4, 0.5) is 13.2 Å². The van der Waals surface area contributed by atoms with Gasteiger partial charge in [-0.25, -0.2) is 8.42 Å². The van der Waals surface area contributed by atoms with Crippen LogP contribution in [-0.4, -0.2) is 8.42 Å². The fourth-order valence-electron chi connectivity index (χ4n) is 1.56. The molecule has 0 unspecified atom stereocenters. The summed E-state index contributed by atoms with van der Waals surface area (Å²) in [7, 11) is 1.30. The van der Waals surface area contributed by atoms with E-state index in [1.807, 2.05) is 0 Å². The van der Waals surface area contributed by atoms with E-state index in [9.17, 15) is 21.6 Å². The topological polar surface area (TPSA) is 43.4 Å². The van der Waals surface area contributed by atoms with Crippen molar-refractivity contribution >= 4 is 31.3 Å². The largest absolute Gasteiger partial charge is 0.456 e. The lowest BCUT2D eigenvalue weighted by molar-refractivity contribution is -0.137. The Bertz CT molecular complexity index is 787. The van der Waals surface area contributed by atoms with Crippen molar-refractivity contribution in [3.63, 3.8) is 0 Å². The third-order valence-electron chi connectivity index (χ3n) is 2.59. The van der Waals surface area contributed by atoms with E-state index in [1.165, 1.54) is 24.3 Å². The average Bonchev–Trinajstić information content (AvgIpc) is 2.39. The monoisotopic (exact) mass is 370 g/mol. The normalized spacial score (nSPS) is 12.2. The van der Waals surface area contributed by atoms with Gasteiger partial charge in [0, 0.05) is 10.7 Å². The van der Waals surface area contributed by atoms with Gasteiger partial charge in [-0.15, -0.1) is 0 Å². The van der Waals surface area contributed by atoms with Crippen molar-refractivity contribution in [1.82, 2.24) is 0 Å². The molecule has 118 valence electrons. The molecule has 0 aromatic heterocycles. The summed E-state index contributed by atoms with van der Waals surface area (Å²) in [5.74, 6) is 0.210. The summed E-state index contributed by atoms with van der Waals surface area (Å²) in [6, 6.07) is 7.68. The van der Waals surface area contributed by atoms with Crippen molar-refractivity contribution in [2.75, 3.05) is 0 Å². The standard InChI is InChI=1S/C13H7Cl2F3O3S/c14-11-7-8(13(16,17)18)1-6-12(11)21-9-2-4-10(5-3-9)22(15,19)20/h1-7H. The van der Waals surface area contributed by atoms with Crippen LogP contribution in [0.1, 0.15) is 5.56 Å². The van der Waals surface area contributed by atoms with Gasteiger partial charge in [0.1, 0.15) is 11.5 Å². The molecule has 0 spiro atoms. The predicted molar refractivity (Wildman–Crippen MR) is 76.0 cm³/mol. The number of benzene rings is 2. The lowest BCUT2D eigenvalue weighted by Crippen LogP contribution is -2.04. The zero-order chi connectivity index (χ0) is 16.5. The van der Waals surface area contributed by atoms with E-state index in [1.54, 1.807) is 0 Å². The van der Waals surface area contributed by atoms with E-state index >= 15 is 0 Å². The maximum Gasteiger partial charge on any atom is 0.416 e. The van der Waals surface area contributed by atoms with E-state index < -0.39 is 20.8 Å². The fraction of sp³-hybridized carbons (Fsp3) is 0.0769. The zero-order valence-electron chi connectivity index (χ0n) is 10.6. The molecule has 0 radical (unpaired) electrons. The predicted octanol–water partition coefficient (Wildman–Crippen LogP) is 5.08. The summed E-state index contributed by atoms with van der Waals surface area (Å²) in [5.41, 5.74) is -0.895. The molecule has 0 saturated heterocycles. The molecule has 9 heteroatoms. The molecular weight excluding hydrogens is 364 g/mol. The van der Waals surface area contributed by atoms with Crippen molar-refractivity contribution in [3.8, 4) is 11.5 Å². The highest BCUT2D eigenvalue weighted by Gasteiger charge is 2.31. The molecule has 0 aliphatic carbocycles. The van der Waals surface area contributed by atoms with Crippen LogP contribution in [0.25, 0.3) is 0 Å². The van der Waals surface area contributed by atoms with Crippen LogP contribution in [0.3, 0.4) is 0 Å². The Labute approximate surface area is 133 Å². The van der Waals surface area contributed by atoms with Gasteiger partial charge in [-0.2, -0.15) is 13.2 Å². The summed E-state index contributed by atoms with van der Waals surface area (Å²) >= 11 is 5.75. The molecule has 0 N–H and O–H groups in total. The molecule has 0 atom stereocenters. The quantitative estimate of drug-likeness (QED) is 0.707. The smallest absolute Gasteiger partial charge is 0.416 e. The molecule has 0 saturated carbocycles. The second-order valence-electron chi connectivity index (χ2n) is 4.15. The summed E-state index contributed by atoms with van der Waals surface area (Å²) in [4.78, 5) is -0.125. The molecular formula is C13H7Cl2F3O3S. The Morgan fingerprint density at radius 1 is 1.00 bits per heavy atom. The number of hydrogen-bond acceptors (Lipinski definition) is 3. The number of hydrogen-bond donors (Lipinski definition) is 0. The van der Waals surface area contributed by atoms with Gasteiger partial charge in [-0.05, 0) is 42.5 Å². The molecule has 0 amide bonds. The molecule has 22 heavy (non-hydrogen) atoms. The minimum atomic E-state index is -4.50. The van der Waals surface area contributed by atoms with Crippen molar-refractivity contribution in [1.29, 1.82) is 0 Å². The first kappa shape index (κ1) is 16.9. The van der Waals surface area contributed by atoms with Gasteiger partial charge >= 0.3 is 6.18 Å². The Balaban J connectivity index is 2.24. The molecule has 0 aliphatic rings. The first-order valence-electron chi connectivity index (χ1n) is 5.67. The third kappa shape index (κ3) is 4.06. The molecule has 3 nitrogen and oxygen atoms in total. The Morgan fingerprint density at radius 2 is 1.59 bits per heavy atom. The van der Waals surface area contributed by atoms with Crippen molar-refractivity contribution in [2.24, 2.45) is 0 Å². The van der Waals surface area contributed by atoms with Crippen LogP contribution in [0.15, 0.2) is 47.4 Å². The SMILES string of the molecule is O=S(=O)(Cl)c1ccc(Oc2ccc(C(F)(F)F)cc2Cl)cc1. The van der Waals surface area contributed by atoms with E-state index in [4.69, 9.17) is 27.0 Å². The summed E-state index contributed by atoms with van der Waals surface area (Å²) < 4.78 is 65.0. The van der Waals surface area contributed by atoms with Gasteiger partial charge in [0.05, 0.1) is 15.5 Å². The van der Waals surface area contributed by atoms with E-state index in [0.717, 1.165) is 18.2 Å². The zero-order valence-corrected chi connectivity index (χ0v) is 12.9. The van der Waals surface area contributed by atoms with Gasteiger partial charge in [-0.3, -0.25) is 0 Å². The van der Waals surface area contributed by atoms with Gasteiger partial charge in [-0.1, -0.05) is 11.6 Å². The first-order chi connectivity index (χ1) is 10.1. The van der Waals surface area contributed by atoms with Gasteiger partial charge in [0.15, 0.2) is 0 Å². The number of ether oxygens (including phenoxy) is 1. The van der Waals surface area contributed by atoms with Crippen molar-refractivity contribution in [2.45, 2.75) is 11.1 Å². The fourth-order valence-corrected chi connectivity index (χ4v) is 2.55. The Morgan fingerprint density at radius 3 is 2.05 bits per heavy atom. The molecule has 0 fully saturated rings. The number of halogens is 5. The molecule has 0 aliphatic heterocycles. The van der Waals surface area contributed by atoms with Crippen molar-refractivity contribution < 1.29 is 26.3 Å². The van der Waals surface area contributed by atoms with Crippen LogP contribution in [-0.2, 0) is 15.2 Å². The Hall–Kier alpha value is -1.44. The van der Waals surface area contributed by atoms with Crippen molar-refractivity contribution in [3.05, 3.63) is 53.1 Å². The first-order valence-corrected chi connectivity index (χ1v) is 8.35. The van der Waals surface area contributed by atoms with E-state index in [-0.39, 0.29) is 21.4 Å². The number of alkyl halides is 3. The van der Waals surface area contributed by atoms with Gasteiger partial charge in [0.2, 0.25) is 0 Å². The highest BCUT2D eigenvalue weighted by Crippen LogP contribution is 2.36. The molecule has 2 aromatic rings. The highest BCUT2D eigenvalue weighted by molar-refractivity contribution is 8.13. The van der Waals surface area contributed by atoms with Crippen LogP contribution >= 0.6 is 22.3 Å². The maximum atomic E-state index is 12.5. The average molecular weight is 371 g/mol. The minimum Gasteiger partial charge on any atom is -0.456 e. The van der Waals surface area contributed by atoms with Crippen LogP contribution in [0.5, 0.6) is 11.5 Å². The summed E-state index contributed by atoms with van der Waals surface area (Å²) in [6.07, 6.45) is -4.50. The second-order valence-corrected chi connectivity index (χ2v) is 7.13. The highest BCUT2D eigenvalue weighted by atomic mass is 35.7. The lowest BCUT2D eigenvalue weighted by atomic mass is 10.2. The van der Waals surface area contributed by atoms with Gasteiger partial charge in [0.25, 0.3) is 9.05 Å². The van der Waals surface area contributed by atoms with Gasteiger partial charge < -0.3 is 4.74 Å². The summed E-state index contributed by atoms with van der Waals surface area (Å²) in [6.45, 7) is 0. The maximum absolute atomic E-state index is 12.5. The van der Waals surface area contributed by atoms with E-state index in [2.05, 4.69) is 0 Å². The molecule has 0 heterocycles. The second kappa shape index (κ2) is 5.98. The van der Waals surface area contributed by atoms with Crippen LogP contribution in [0, 0.1) is 0 Å². The van der Waals surface area contributed by atoms with Crippen LogP contribution in [0.2, 0.25) is 5.02 Å². The number of rotatable bonds is 3. The molecule has 2 aromatic carbocycles.